The molecule has 1 amide bonds. The van der Waals surface area contributed by atoms with E-state index in [1.165, 1.54) is 11.8 Å². The summed E-state index contributed by atoms with van der Waals surface area (Å²) in [5.74, 6) is -0.525. The lowest BCUT2D eigenvalue weighted by Crippen LogP contribution is -2.11. The molecule has 0 spiro atoms. The maximum absolute atomic E-state index is 12.3. The van der Waals surface area contributed by atoms with E-state index < -0.39 is 17.1 Å². The Kier molecular flexibility index (Phi) is 4.29. The lowest BCUT2D eigenvalue weighted by atomic mass is 10.2. The number of nitrogens with one attached hydrogen (secondary N) is 1. The van der Waals surface area contributed by atoms with Crippen LogP contribution in [-0.2, 0) is 6.18 Å². The molecule has 20 heavy (non-hydrogen) atoms. The van der Waals surface area contributed by atoms with Crippen LogP contribution in [0.25, 0.3) is 0 Å². The van der Waals surface area contributed by atoms with Crippen molar-refractivity contribution in [1.29, 1.82) is 0 Å². The lowest BCUT2D eigenvalue weighted by Gasteiger charge is -2.02. The summed E-state index contributed by atoms with van der Waals surface area (Å²) in [6.07, 6.45) is -2.66. The Morgan fingerprint density at radius 3 is 2.40 bits per heavy atom. The molecule has 0 fully saturated rings. The van der Waals surface area contributed by atoms with E-state index in [9.17, 15) is 18.0 Å². The van der Waals surface area contributed by atoms with Crippen LogP contribution in [0, 0.1) is 0 Å². The molecule has 0 saturated heterocycles. The van der Waals surface area contributed by atoms with E-state index in [-0.39, 0.29) is 16.5 Å². The highest BCUT2D eigenvalue weighted by Crippen LogP contribution is 2.33. The van der Waals surface area contributed by atoms with Gasteiger partial charge in [0.05, 0.1) is 0 Å². The standard InChI is InChI=1S/C11H8F3N3OS2/c1-19-7-4-2-6(3-5-7)8(18)15-10-17-16-9(20-10)11(12,13)14/h2-5H,1H3,(H,15,17,18). The molecule has 2 aromatic rings. The zero-order chi connectivity index (χ0) is 14.8. The quantitative estimate of drug-likeness (QED) is 0.879. The molecule has 0 aliphatic heterocycles. The van der Waals surface area contributed by atoms with E-state index in [2.05, 4.69) is 15.5 Å². The molecule has 106 valence electrons. The average molecular weight is 319 g/mol. The van der Waals surface area contributed by atoms with Gasteiger partial charge in [0.2, 0.25) is 10.1 Å². The number of hydrogen-bond donors (Lipinski definition) is 1. The highest BCUT2D eigenvalue weighted by Gasteiger charge is 2.35. The lowest BCUT2D eigenvalue weighted by molar-refractivity contribution is -0.138. The normalized spacial score (nSPS) is 11.4. The molecule has 4 nitrogen and oxygen atoms in total. The molecule has 0 radical (unpaired) electrons. The number of thioether (sulfide) groups is 1. The molecule has 1 N–H and O–H groups in total. The number of aromatic nitrogens is 2. The molecule has 0 unspecified atom stereocenters. The van der Waals surface area contributed by atoms with Gasteiger partial charge in [-0.2, -0.15) is 13.2 Å². The van der Waals surface area contributed by atoms with Gasteiger partial charge in [0.25, 0.3) is 5.91 Å². The van der Waals surface area contributed by atoms with Crippen molar-refractivity contribution >= 4 is 34.1 Å². The third-order valence-electron chi connectivity index (χ3n) is 2.24. The van der Waals surface area contributed by atoms with E-state index >= 15 is 0 Å². The Labute approximate surface area is 120 Å². The topological polar surface area (TPSA) is 54.9 Å². The molecule has 1 aromatic carbocycles. The van der Waals surface area contributed by atoms with Crippen LogP contribution in [0.4, 0.5) is 18.3 Å². The predicted octanol–water partition coefficient (Wildman–Crippen LogP) is 3.53. The van der Waals surface area contributed by atoms with E-state index in [0.29, 0.717) is 5.56 Å². The highest BCUT2D eigenvalue weighted by atomic mass is 32.2. The zero-order valence-electron chi connectivity index (χ0n) is 10.1. The van der Waals surface area contributed by atoms with E-state index in [0.717, 1.165) is 4.90 Å². The number of hydrogen-bond acceptors (Lipinski definition) is 5. The van der Waals surface area contributed by atoms with E-state index in [1.54, 1.807) is 24.3 Å². The number of anilines is 1. The van der Waals surface area contributed by atoms with Crippen LogP contribution in [0.15, 0.2) is 29.2 Å². The monoisotopic (exact) mass is 319 g/mol. The van der Waals surface area contributed by atoms with Crippen molar-refractivity contribution in [3.8, 4) is 0 Å². The Morgan fingerprint density at radius 1 is 1.25 bits per heavy atom. The molecule has 9 heteroatoms. The summed E-state index contributed by atoms with van der Waals surface area (Å²) in [6.45, 7) is 0. The van der Waals surface area contributed by atoms with Crippen LogP contribution in [0.5, 0.6) is 0 Å². The first-order valence-corrected chi connectivity index (χ1v) is 7.30. The van der Waals surface area contributed by atoms with Crippen molar-refractivity contribution in [3.63, 3.8) is 0 Å². The summed E-state index contributed by atoms with van der Waals surface area (Å²) in [5, 5.41) is 7.29. The van der Waals surface area contributed by atoms with Crippen LogP contribution in [0.1, 0.15) is 15.4 Å². The first-order chi connectivity index (χ1) is 9.40. The van der Waals surface area contributed by atoms with Gasteiger partial charge in [0.1, 0.15) is 0 Å². The molecular formula is C11H8F3N3OS2. The number of nitrogens with zero attached hydrogens (tertiary/aromatic N) is 2. The second-order valence-electron chi connectivity index (χ2n) is 3.59. The minimum atomic E-state index is -4.55. The zero-order valence-corrected chi connectivity index (χ0v) is 11.7. The Bertz CT molecular complexity index is 610. The smallest absolute Gasteiger partial charge is 0.296 e. The molecule has 0 saturated carbocycles. The van der Waals surface area contributed by atoms with Gasteiger partial charge >= 0.3 is 6.18 Å². The minimum Gasteiger partial charge on any atom is -0.296 e. The van der Waals surface area contributed by atoms with Crippen molar-refractivity contribution in [2.24, 2.45) is 0 Å². The third kappa shape index (κ3) is 3.48. The summed E-state index contributed by atoms with van der Waals surface area (Å²) >= 11 is 1.81. The van der Waals surface area contributed by atoms with Gasteiger partial charge in [0, 0.05) is 10.5 Å². The van der Waals surface area contributed by atoms with Crippen molar-refractivity contribution in [3.05, 3.63) is 34.8 Å². The van der Waals surface area contributed by atoms with Gasteiger partial charge in [-0.25, -0.2) is 0 Å². The summed E-state index contributed by atoms with van der Waals surface area (Å²) in [5.41, 5.74) is 0.339. The molecular weight excluding hydrogens is 311 g/mol. The van der Waals surface area contributed by atoms with Crippen LogP contribution >= 0.6 is 23.1 Å². The summed E-state index contributed by atoms with van der Waals surface area (Å²) < 4.78 is 37.0. The third-order valence-corrected chi connectivity index (χ3v) is 3.87. The molecule has 2 rings (SSSR count). The molecule has 0 aliphatic rings. The van der Waals surface area contributed by atoms with Gasteiger partial charge in [-0.3, -0.25) is 10.1 Å². The molecule has 1 heterocycles. The van der Waals surface area contributed by atoms with Crippen molar-refractivity contribution in [2.45, 2.75) is 11.1 Å². The van der Waals surface area contributed by atoms with Crippen molar-refractivity contribution in [1.82, 2.24) is 10.2 Å². The summed E-state index contributed by atoms with van der Waals surface area (Å²) in [6, 6.07) is 6.68. The minimum absolute atomic E-state index is 0.184. The molecule has 0 bridgehead atoms. The Morgan fingerprint density at radius 2 is 1.90 bits per heavy atom. The van der Waals surface area contributed by atoms with Crippen LogP contribution < -0.4 is 5.32 Å². The number of halogens is 3. The van der Waals surface area contributed by atoms with Crippen LogP contribution in [-0.4, -0.2) is 22.4 Å². The second-order valence-corrected chi connectivity index (χ2v) is 5.45. The summed E-state index contributed by atoms with van der Waals surface area (Å²) in [4.78, 5) is 12.8. The predicted molar refractivity (Wildman–Crippen MR) is 71.1 cm³/mol. The van der Waals surface area contributed by atoms with E-state index in [4.69, 9.17) is 0 Å². The fourth-order valence-corrected chi connectivity index (χ4v) is 2.31. The fraction of sp³-hybridized carbons (Fsp3) is 0.182. The van der Waals surface area contributed by atoms with Gasteiger partial charge < -0.3 is 0 Å². The van der Waals surface area contributed by atoms with Gasteiger partial charge in [0.15, 0.2) is 0 Å². The fourth-order valence-electron chi connectivity index (χ4n) is 1.30. The highest BCUT2D eigenvalue weighted by molar-refractivity contribution is 7.98. The Hall–Kier alpha value is -1.61. The van der Waals surface area contributed by atoms with Gasteiger partial charge in [-0.15, -0.1) is 22.0 Å². The maximum atomic E-state index is 12.3. The maximum Gasteiger partial charge on any atom is 0.445 e. The second kappa shape index (κ2) is 5.80. The Balaban J connectivity index is 2.09. The number of rotatable bonds is 3. The van der Waals surface area contributed by atoms with Crippen LogP contribution in [0.3, 0.4) is 0 Å². The number of benzene rings is 1. The van der Waals surface area contributed by atoms with E-state index in [1.807, 2.05) is 6.26 Å². The number of carbonyl (C=O) groups is 1. The summed E-state index contributed by atoms with van der Waals surface area (Å²) in [7, 11) is 0. The largest absolute Gasteiger partial charge is 0.445 e. The van der Waals surface area contributed by atoms with Crippen molar-refractivity contribution in [2.75, 3.05) is 11.6 Å². The number of carbonyl (C=O) groups excluding carboxylic acids is 1. The van der Waals surface area contributed by atoms with Gasteiger partial charge in [-0.1, -0.05) is 11.3 Å². The van der Waals surface area contributed by atoms with Crippen LogP contribution in [0.2, 0.25) is 0 Å². The van der Waals surface area contributed by atoms with Crippen molar-refractivity contribution < 1.29 is 18.0 Å². The molecule has 1 aromatic heterocycles. The SMILES string of the molecule is CSc1ccc(C(=O)Nc2nnc(C(F)(F)F)s2)cc1. The molecule has 0 atom stereocenters. The molecule has 0 aliphatic carbocycles. The number of amides is 1. The number of alkyl halides is 3. The first-order valence-electron chi connectivity index (χ1n) is 5.26. The van der Waals surface area contributed by atoms with Gasteiger partial charge in [-0.05, 0) is 30.5 Å². The first kappa shape index (κ1) is 14.8. The average Bonchev–Trinajstić information content (AvgIpc) is 2.87.